The Balaban J connectivity index is 2.97. The third-order valence-corrected chi connectivity index (χ3v) is 3.66. The van der Waals surface area contributed by atoms with E-state index < -0.39 is 0 Å². The Hall–Kier alpha value is -2.15. The van der Waals surface area contributed by atoms with E-state index in [-0.39, 0.29) is 5.78 Å². The van der Waals surface area contributed by atoms with Crippen LogP contribution in [0.4, 0.5) is 0 Å². The van der Waals surface area contributed by atoms with Crippen LogP contribution in [0.3, 0.4) is 0 Å². The molecule has 0 N–H and O–H groups in total. The zero-order valence-corrected chi connectivity index (χ0v) is 12.6. The van der Waals surface area contributed by atoms with Gasteiger partial charge in [0.2, 0.25) is 0 Å². The van der Waals surface area contributed by atoms with Gasteiger partial charge in [-0.3, -0.25) is 4.79 Å². The zero-order chi connectivity index (χ0) is 15.0. The number of benzene rings is 1. The molecule has 0 atom stereocenters. The topological polar surface area (TPSA) is 17.1 Å². The fraction of sp³-hybridized carbons (Fsp3) is 0.211. The Morgan fingerprint density at radius 2 is 1.85 bits per heavy atom. The van der Waals surface area contributed by atoms with E-state index in [4.69, 9.17) is 0 Å². The molecule has 0 saturated carbocycles. The number of carbonyl (C=O) groups excluding carboxylic acids is 1. The van der Waals surface area contributed by atoms with Crippen LogP contribution in [-0.2, 0) is 0 Å². The van der Waals surface area contributed by atoms with E-state index in [9.17, 15) is 4.79 Å². The molecule has 0 aromatic heterocycles. The van der Waals surface area contributed by atoms with Crippen molar-refractivity contribution in [1.29, 1.82) is 0 Å². The summed E-state index contributed by atoms with van der Waals surface area (Å²) >= 11 is 0. The standard InChI is InChI=1S/C19H20O/c1-7-14-16(11(2)3)18-13(6)9-8-10-15(18)19(20)17(14)12(4)5/h7-10H,1,4H2,2-3,5-6H3. The summed E-state index contributed by atoms with van der Waals surface area (Å²) in [5, 5.41) is 0. The maximum Gasteiger partial charge on any atom is 0.194 e. The van der Waals surface area contributed by atoms with Gasteiger partial charge in [0.25, 0.3) is 0 Å². The van der Waals surface area contributed by atoms with Crippen LogP contribution in [0.5, 0.6) is 0 Å². The largest absolute Gasteiger partial charge is 0.289 e. The Labute approximate surface area is 121 Å². The fourth-order valence-electron chi connectivity index (χ4n) is 2.85. The maximum absolute atomic E-state index is 12.8. The summed E-state index contributed by atoms with van der Waals surface area (Å²) in [5.74, 6) is 0.0519. The first-order valence-electron chi connectivity index (χ1n) is 6.75. The second kappa shape index (κ2) is 5.09. The second-order valence-electron chi connectivity index (χ2n) is 5.47. The van der Waals surface area contributed by atoms with Crippen molar-refractivity contribution in [3.05, 3.63) is 76.4 Å². The fourth-order valence-corrected chi connectivity index (χ4v) is 2.85. The molecule has 0 spiro atoms. The summed E-state index contributed by atoms with van der Waals surface area (Å²) in [4.78, 5) is 12.8. The van der Waals surface area contributed by atoms with Crippen molar-refractivity contribution in [2.24, 2.45) is 0 Å². The molecule has 0 amide bonds. The van der Waals surface area contributed by atoms with Gasteiger partial charge in [-0.05, 0) is 55.5 Å². The van der Waals surface area contributed by atoms with Crippen molar-refractivity contribution in [2.45, 2.75) is 27.7 Å². The summed E-state index contributed by atoms with van der Waals surface area (Å²) in [6, 6.07) is 5.88. The summed E-state index contributed by atoms with van der Waals surface area (Å²) in [5.41, 5.74) is 7.61. The molecule has 0 unspecified atom stereocenters. The first kappa shape index (κ1) is 14.3. The summed E-state index contributed by atoms with van der Waals surface area (Å²) < 4.78 is 0. The molecule has 1 aliphatic carbocycles. The number of aryl methyl sites for hydroxylation is 1. The Bertz CT molecular complexity index is 692. The number of hydrogen-bond donors (Lipinski definition) is 0. The van der Waals surface area contributed by atoms with E-state index in [2.05, 4.69) is 27.0 Å². The van der Waals surface area contributed by atoms with Gasteiger partial charge in [0, 0.05) is 11.1 Å². The van der Waals surface area contributed by atoms with Gasteiger partial charge in [-0.1, -0.05) is 43.0 Å². The molecule has 0 heterocycles. The second-order valence-corrected chi connectivity index (χ2v) is 5.47. The molecule has 1 heteroatoms. The lowest BCUT2D eigenvalue weighted by atomic mass is 9.76. The van der Waals surface area contributed by atoms with Gasteiger partial charge in [-0.15, -0.1) is 0 Å². The molecule has 1 aromatic rings. The highest BCUT2D eigenvalue weighted by Gasteiger charge is 2.29. The maximum atomic E-state index is 12.8. The molecule has 0 fully saturated rings. The predicted molar refractivity (Wildman–Crippen MR) is 85.8 cm³/mol. The molecular formula is C19H20O. The number of Topliss-reactive ketones (excluding diaryl/α,β-unsaturated/α-hetero) is 1. The molecule has 0 radical (unpaired) electrons. The molecule has 2 rings (SSSR count). The normalized spacial score (nSPS) is 14.2. The first-order chi connectivity index (χ1) is 9.40. The molecule has 1 aliphatic rings. The Kier molecular flexibility index (Phi) is 3.63. The van der Waals surface area contributed by atoms with Crippen LogP contribution in [0.15, 0.2) is 59.7 Å². The van der Waals surface area contributed by atoms with Crippen LogP contribution in [-0.4, -0.2) is 5.78 Å². The monoisotopic (exact) mass is 264 g/mol. The summed E-state index contributed by atoms with van der Waals surface area (Å²) in [7, 11) is 0. The van der Waals surface area contributed by atoms with Crippen molar-refractivity contribution >= 4 is 11.4 Å². The lowest BCUT2D eigenvalue weighted by molar-refractivity contribution is 0.103. The predicted octanol–water partition coefficient (Wildman–Crippen LogP) is 5.04. The quantitative estimate of drug-likeness (QED) is 0.731. The number of fused-ring (bicyclic) bond motifs is 1. The van der Waals surface area contributed by atoms with Crippen LogP contribution in [0.1, 0.15) is 42.3 Å². The van der Waals surface area contributed by atoms with E-state index >= 15 is 0 Å². The number of carbonyl (C=O) groups is 1. The van der Waals surface area contributed by atoms with Crippen molar-refractivity contribution in [3.8, 4) is 0 Å². The van der Waals surface area contributed by atoms with E-state index in [1.54, 1.807) is 6.08 Å². The number of ketones is 1. The Morgan fingerprint density at radius 1 is 1.20 bits per heavy atom. The minimum atomic E-state index is 0.0519. The highest BCUT2D eigenvalue weighted by molar-refractivity contribution is 6.20. The van der Waals surface area contributed by atoms with Crippen molar-refractivity contribution < 1.29 is 4.79 Å². The Morgan fingerprint density at radius 3 is 2.35 bits per heavy atom. The smallest absolute Gasteiger partial charge is 0.194 e. The SMILES string of the molecule is C=CC1=C(C(=C)C)C(=O)c2cccc(C)c2C1=C(C)C. The van der Waals surface area contributed by atoms with E-state index in [1.165, 1.54) is 5.57 Å². The van der Waals surface area contributed by atoms with Crippen LogP contribution in [0.2, 0.25) is 0 Å². The molecular weight excluding hydrogens is 244 g/mol. The lowest BCUT2D eigenvalue weighted by Gasteiger charge is -2.26. The van der Waals surface area contributed by atoms with Crippen LogP contribution in [0.25, 0.3) is 5.57 Å². The van der Waals surface area contributed by atoms with Crippen LogP contribution in [0, 0.1) is 6.92 Å². The third kappa shape index (κ3) is 2.00. The van der Waals surface area contributed by atoms with E-state index in [1.807, 2.05) is 32.0 Å². The lowest BCUT2D eigenvalue weighted by Crippen LogP contribution is -2.17. The average Bonchev–Trinajstić information content (AvgIpc) is 2.38. The number of hydrogen-bond acceptors (Lipinski definition) is 1. The zero-order valence-electron chi connectivity index (χ0n) is 12.6. The molecule has 0 aliphatic heterocycles. The van der Waals surface area contributed by atoms with Crippen molar-refractivity contribution in [1.82, 2.24) is 0 Å². The minimum Gasteiger partial charge on any atom is -0.289 e. The number of allylic oxidation sites excluding steroid dienone is 6. The summed E-state index contributed by atoms with van der Waals surface area (Å²) in [6.07, 6.45) is 1.78. The summed E-state index contributed by atoms with van der Waals surface area (Å²) in [6.45, 7) is 15.9. The van der Waals surface area contributed by atoms with Gasteiger partial charge in [-0.25, -0.2) is 0 Å². The van der Waals surface area contributed by atoms with E-state index in [0.29, 0.717) is 5.57 Å². The van der Waals surface area contributed by atoms with Crippen molar-refractivity contribution in [3.63, 3.8) is 0 Å². The minimum absolute atomic E-state index is 0.0519. The van der Waals surface area contributed by atoms with Crippen LogP contribution < -0.4 is 0 Å². The molecule has 1 nitrogen and oxygen atoms in total. The van der Waals surface area contributed by atoms with E-state index in [0.717, 1.165) is 33.4 Å². The molecule has 102 valence electrons. The van der Waals surface area contributed by atoms with Gasteiger partial charge < -0.3 is 0 Å². The molecule has 20 heavy (non-hydrogen) atoms. The molecule has 0 bridgehead atoms. The highest BCUT2D eigenvalue weighted by atomic mass is 16.1. The third-order valence-electron chi connectivity index (χ3n) is 3.66. The van der Waals surface area contributed by atoms with Gasteiger partial charge in [0.15, 0.2) is 5.78 Å². The van der Waals surface area contributed by atoms with Gasteiger partial charge in [0.05, 0.1) is 0 Å². The highest BCUT2D eigenvalue weighted by Crippen LogP contribution is 2.41. The average molecular weight is 264 g/mol. The van der Waals surface area contributed by atoms with Gasteiger partial charge >= 0.3 is 0 Å². The molecule has 1 aromatic carbocycles. The van der Waals surface area contributed by atoms with Gasteiger partial charge in [0.1, 0.15) is 0 Å². The molecule has 0 saturated heterocycles. The van der Waals surface area contributed by atoms with Gasteiger partial charge in [-0.2, -0.15) is 0 Å². The van der Waals surface area contributed by atoms with Crippen LogP contribution >= 0.6 is 0 Å². The van der Waals surface area contributed by atoms with Crippen molar-refractivity contribution in [2.75, 3.05) is 0 Å². The first-order valence-corrected chi connectivity index (χ1v) is 6.75. The number of rotatable bonds is 2.